The Morgan fingerprint density at radius 2 is 2.27 bits per heavy atom. The van der Waals surface area contributed by atoms with E-state index in [1.54, 1.807) is 10.6 Å². The maximum Gasteiger partial charge on any atom is 0.106 e. The molecule has 0 aromatic carbocycles. The minimum absolute atomic E-state index is 0.592. The highest BCUT2D eigenvalue weighted by Crippen LogP contribution is 2.23. The first-order valence-corrected chi connectivity index (χ1v) is 7.31. The van der Waals surface area contributed by atoms with Crippen LogP contribution in [0.25, 0.3) is 0 Å². The van der Waals surface area contributed by atoms with E-state index < -0.39 is 9.92 Å². The van der Waals surface area contributed by atoms with Gasteiger partial charge in [-0.05, 0) is 32.1 Å². The van der Waals surface area contributed by atoms with Crippen molar-refractivity contribution in [2.24, 2.45) is 10.3 Å². The van der Waals surface area contributed by atoms with Crippen molar-refractivity contribution >= 4 is 9.92 Å². The lowest BCUT2D eigenvalue weighted by atomic mass is 9.91. The number of hydrogen-bond acceptors (Lipinski definition) is 2. The zero-order valence-corrected chi connectivity index (χ0v) is 11.0. The van der Waals surface area contributed by atoms with Gasteiger partial charge in [0.05, 0.1) is 6.54 Å². The topological polar surface area (TPSA) is 32.7 Å². The van der Waals surface area contributed by atoms with Gasteiger partial charge in [0.1, 0.15) is 9.92 Å². The minimum Gasteiger partial charge on any atom is -0.234 e. The summed E-state index contributed by atoms with van der Waals surface area (Å²) in [6.45, 7) is 2.91. The Labute approximate surface area is 93.9 Å². The fourth-order valence-electron chi connectivity index (χ4n) is 1.54. The van der Waals surface area contributed by atoms with E-state index in [4.69, 9.17) is 0 Å². The van der Waals surface area contributed by atoms with Crippen LogP contribution < -0.4 is 0 Å². The van der Waals surface area contributed by atoms with E-state index in [-0.39, 0.29) is 0 Å². The van der Waals surface area contributed by atoms with E-state index in [2.05, 4.69) is 17.4 Å². The average molecular weight is 230 g/mol. The van der Waals surface area contributed by atoms with Crippen LogP contribution in [0.1, 0.15) is 26.2 Å². The Morgan fingerprint density at radius 3 is 2.73 bits per heavy atom. The highest BCUT2D eigenvalue weighted by atomic mass is 32.2. The largest absolute Gasteiger partial charge is 0.234 e. The van der Waals surface area contributed by atoms with Gasteiger partial charge in [-0.3, -0.25) is 0 Å². The van der Waals surface area contributed by atoms with Crippen molar-refractivity contribution < 1.29 is 4.21 Å². The lowest BCUT2D eigenvalue weighted by Crippen LogP contribution is -2.21. The molecule has 0 bridgehead atoms. The van der Waals surface area contributed by atoms with Crippen LogP contribution in [0.5, 0.6) is 0 Å². The van der Waals surface area contributed by atoms with Gasteiger partial charge >= 0.3 is 0 Å². The Morgan fingerprint density at radius 1 is 1.60 bits per heavy atom. The molecule has 15 heavy (non-hydrogen) atoms. The first-order chi connectivity index (χ1) is 6.92. The molecule has 1 rings (SSSR count). The molecule has 0 fully saturated rings. The predicted octanol–water partition coefficient (Wildman–Crippen LogP) is 2.31. The van der Waals surface area contributed by atoms with Gasteiger partial charge in [0.15, 0.2) is 0 Å². The minimum atomic E-state index is -2.12. The lowest BCUT2D eigenvalue weighted by Gasteiger charge is -2.19. The molecule has 4 heteroatoms. The maximum absolute atomic E-state index is 11.9. The Balaban J connectivity index is 2.55. The first-order valence-electron chi connectivity index (χ1n) is 5.43. The highest BCUT2D eigenvalue weighted by molar-refractivity contribution is 7.90. The third-order valence-electron chi connectivity index (χ3n) is 3.00. The molecule has 0 heterocycles. The maximum atomic E-state index is 11.9. The van der Waals surface area contributed by atoms with Crippen molar-refractivity contribution in [3.05, 3.63) is 11.6 Å². The Hall–Kier alpha value is -0.350. The molecule has 2 atom stereocenters. The van der Waals surface area contributed by atoms with Crippen LogP contribution in [0, 0.1) is 5.92 Å². The number of rotatable bonds is 3. The van der Waals surface area contributed by atoms with Crippen LogP contribution in [-0.2, 0) is 9.92 Å². The van der Waals surface area contributed by atoms with Gasteiger partial charge in [0.2, 0.25) is 0 Å². The van der Waals surface area contributed by atoms with Gasteiger partial charge in [-0.2, -0.15) is 0 Å². The molecule has 88 valence electrons. The average Bonchev–Trinajstić information content (AvgIpc) is 2.17. The molecule has 2 unspecified atom stereocenters. The third-order valence-corrected chi connectivity index (χ3v) is 4.98. The molecule has 0 N–H and O–H groups in total. The molecule has 1 aliphatic rings. The summed E-state index contributed by atoms with van der Waals surface area (Å²) in [7, 11) is 1.51. The van der Waals surface area contributed by atoms with E-state index in [0.717, 1.165) is 13.0 Å². The lowest BCUT2D eigenvalue weighted by molar-refractivity contribution is 0.480. The second-order valence-electron chi connectivity index (χ2n) is 4.58. The van der Waals surface area contributed by atoms with Crippen LogP contribution in [-0.4, -0.2) is 35.4 Å². The van der Waals surface area contributed by atoms with Crippen molar-refractivity contribution in [2.75, 3.05) is 26.9 Å². The molecule has 0 saturated heterocycles. The van der Waals surface area contributed by atoms with Crippen LogP contribution >= 0.6 is 0 Å². The number of nitrogens with zero attached hydrogens (tertiary/aromatic N) is 2. The van der Waals surface area contributed by atoms with Crippen molar-refractivity contribution in [3.8, 4) is 0 Å². The first kappa shape index (κ1) is 12.7. The van der Waals surface area contributed by atoms with E-state index in [0.29, 0.717) is 5.92 Å². The van der Waals surface area contributed by atoms with Gasteiger partial charge in [-0.25, -0.2) is 12.9 Å². The van der Waals surface area contributed by atoms with Gasteiger partial charge in [0.25, 0.3) is 0 Å². The molecule has 1 aliphatic carbocycles. The van der Waals surface area contributed by atoms with Crippen LogP contribution in [0.4, 0.5) is 0 Å². The van der Waals surface area contributed by atoms with Crippen LogP contribution in [0.2, 0.25) is 0 Å². The standard InChI is InChI=1S/C11H22N2OS/c1-10-5-7-11(8-6-10)9-12-15(4,14)13(2)3/h5,11H,6-9H2,1-4H3. The highest BCUT2D eigenvalue weighted by Gasteiger charge is 2.13. The smallest absolute Gasteiger partial charge is 0.106 e. The summed E-state index contributed by atoms with van der Waals surface area (Å²) in [5, 5.41) is 0. The summed E-state index contributed by atoms with van der Waals surface area (Å²) in [5.74, 6) is 0.592. The van der Waals surface area contributed by atoms with E-state index >= 15 is 0 Å². The summed E-state index contributed by atoms with van der Waals surface area (Å²) in [4.78, 5) is 0. The zero-order valence-electron chi connectivity index (χ0n) is 10.2. The summed E-state index contributed by atoms with van der Waals surface area (Å²) in [6, 6.07) is 0. The molecule has 0 aliphatic heterocycles. The van der Waals surface area contributed by atoms with Crippen LogP contribution in [0.3, 0.4) is 0 Å². The Bertz CT molecular complexity index is 352. The molecule has 0 radical (unpaired) electrons. The van der Waals surface area contributed by atoms with Gasteiger partial charge in [0, 0.05) is 20.4 Å². The molecular formula is C11H22N2OS. The van der Waals surface area contributed by atoms with Gasteiger partial charge in [-0.1, -0.05) is 11.6 Å². The molecule has 0 amide bonds. The molecule has 3 nitrogen and oxygen atoms in total. The SMILES string of the molecule is CC1=CCC(CN=S(C)(=O)N(C)C)CC1. The molecule has 0 spiro atoms. The third kappa shape index (κ3) is 3.95. The molecule has 0 saturated carbocycles. The summed E-state index contributed by atoms with van der Waals surface area (Å²) < 4.78 is 18.0. The van der Waals surface area contributed by atoms with Crippen molar-refractivity contribution in [1.82, 2.24) is 4.31 Å². The number of hydrogen-bond donors (Lipinski definition) is 0. The van der Waals surface area contributed by atoms with E-state index in [1.165, 1.54) is 18.4 Å². The van der Waals surface area contributed by atoms with Crippen LogP contribution in [0.15, 0.2) is 16.0 Å². The molecular weight excluding hydrogens is 208 g/mol. The number of allylic oxidation sites excluding steroid dienone is 2. The van der Waals surface area contributed by atoms with E-state index in [9.17, 15) is 4.21 Å². The van der Waals surface area contributed by atoms with Gasteiger partial charge in [-0.15, -0.1) is 0 Å². The van der Waals surface area contributed by atoms with Crippen molar-refractivity contribution in [3.63, 3.8) is 0 Å². The fraction of sp³-hybridized carbons (Fsp3) is 0.818. The predicted molar refractivity (Wildman–Crippen MR) is 66.1 cm³/mol. The summed E-state index contributed by atoms with van der Waals surface area (Å²) in [6.07, 6.45) is 7.45. The molecule has 0 aromatic rings. The Kier molecular flexibility index (Phi) is 4.34. The summed E-state index contributed by atoms with van der Waals surface area (Å²) in [5.41, 5.74) is 1.48. The van der Waals surface area contributed by atoms with Crippen molar-refractivity contribution in [2.45, 2.75) is 26.2 Å². The fourth-order valence-corrected chi connectivity index (χ4v) is 2.26. The van der Waals surface area contributed by atoms with Gasteiger partial charge < -0.3 is 0 Å². The van der Waals surface area contributed by atoms with E-state index in [1.807, 2.05) is 14.1 Å². The zero-order chi connectivity index (χ0) is 11.5. The quantitative estimate of drug-likeness (QED) is 0.685. The second kappa shape index (κ2) is 5.12. The van der Waals surface area contributed by atoms with Crippen molar-refractivity contribution in [1.29, 1.82) is 0 Å². The monoisotopic (exact) mass is 230 g/mol. The second-order valence-corrected chi connectivity index (χ2v) is 7.09. The summed E-state index contributed by atoms with van der Waals surface area (Å²) >= 11 is 0. The molecule has 0 aromatic heterocycles. The normalized spacial score (nSPS) is 25.9.